The van der Waals surface area contributed by atoms with Gasteiger partial charge in [-0.2, -0.15) is 0 Å². The Labute approximate surface area is 119 Å². The van der Waals surface area contributed by atoms with Gasteiger partial charge in [0.2, 0.25) is 0 Å². The van der Waals surface area contributed by atoms with Crippen molar-refractivity contribution >= 4 is 23.2 Å². The van der Waals surface area contributed by atoms with E-state index in [4.69, 9.17) is 28.9 Å². The molecule has 18 heavy (non-hydrogen) atoms. The Hall–Kier alpha value is -0.280. The molecule has 2 rings (SSSR count). The molecule has 0 radical (unpaired) electrons. The van der Waals surface area contributed by atoms with E-state index < -0.39 is 0 Å². The second-order valence-electron chi connectivity index (χ2n) is 4.84. The molecule has 1 heterocycles. The lowest BCUT2D eigenvalue weighted by molar-refractivity contribution is 0.210. The molecule has 0 saturated carbocycles. The van der Waals surface area contributed by atoms with Crippen molar-refractivity contribution in [2.75, 3.05) is 19.6 Å². The molecule has 1 unspecified atom stereocenters. The molecule has 1 aliphatic rings. The highest BCUT2D eigenvalue weighted by Crippen LogP contribution is 2.34. The number of hydrogen-bond donors (Lipinski definition) is 1. The number of nitrogens with two attached hydrogens (primary N) is 1. The summed E-state index contributed by atoms with van der Waals surface area (Å²) in [7, 11) is 0. The van der Waals surface area contributed by atoms with E-state index in [0.717, 1.165) is 28.7 Å². The summed E-state index contributed by atoms with van der Waals surface area (Å²) in [5.41, 5.74) is 6.96. The summed E-state index contributed by atoms with van der Waals surface area (Å²) in [4.78, 5) is 2.43. The molecule has 1 aliphatic heterocycles. The molecule has 100 valence electrons. The van der Waals surface area contributed by atoms with E-state index in [1.807, 2.05) is 18.2 Å². The first-order valence-corrected chi connectivity index (χ1v) is 7.37. The van der Waals surface area contributed by atoms with Gasteiger partial charge in [0, 0.05) is 28.2 Å². The van der Waals surface area contributed by atoms with Crippen molar-refractivity contribution in [3.8, 4) is 0 Å². The zero-order valence-corrected chi connectivity index (χ0v) is 12.1. The van der Waals surface area contributed by atoms with Crippen LogP contribution in [0.25, 0.3) is 0 Å². The van der Waals surface area contributed by atoms with Gasteiger partial charge >= 0.3 is 0 Å². The quantitative estimate of drug-likeness (QED) is 0.914. The van der Waals surface area contributed by atoms with E-state index in [-0.39, 0.29) is 6.04 Å². The molecular formula is C14H20Cl2N2. The molecule has 2 nitrogen and oxygen atoms in total. The van der Waals surface area contributed by atoms with Gasteiger partial charge in [-0.3, -0.25) is 4.90 Å². The van der Waals surface area contributed by atoms with Gasteiger partial charge in [0.15, 0.2) is 0 Å². The fourth-order valence-corrected chi connectivity index (χ4v) is 3.33. The summed E-state index contributed by atoms with van der Waals surface area (Å²) in [5, 5.41) is 1.45. The Bertz CT molecular complexity index is 367. The summed E-state index contributed by atoms with van der Waals surface area (Å²) in [6, 6.07) is 5.81. The maximum atomic E-state index is 6.30. The van der Waals surface area contributed by atoms with Crippen LogP contribution in [0.1, 0.15) is 37.3 Å². The van der Waals surface area contributed by atoms with Gasteiger partial charge in [-0.25, -0.2) is 0 Å². The Morgan fingerprint density at radius 2 is 1.61 bits per heavy atom. The molecule has 2 N–H and O–H groups in total. The van der Waals surface area contributed by atoms with Crippen LogP contribution >= 0.6 is 23.2 Å². The maximum absolute atomic E-state index is 6.30. The molecule has 0 aromatic heterocycles. The van der Waals surface area contributed by atoms with Crippen molar-refractivity contribution in [3.05, 3.63) is 33.8 Å². The molecule has 0 amide bonds. The lowest BCUT2D eigenvalue weighted by Gasteiger charge is -2.31. The molecule has 1 saturated heterocycles. The minimum Gasteiger partial charge on any atom is -0.329 e. The Balaban J connectivity index is 2.26. The predicted octanol–water partition coefficient (Wildman–Crippen LogP) is 3.87. The highest BCUT2D eigenvalue weighted by molar-refractivity contribution is 6.36. The van der Waals surface area contributed by atoms with Crippen LogP contribution in [0.5, 0.6) is 0 Å². The summed E-state index contributed by atoms with van der Waals surface area (Å²) >= 11 is 12.6. The third-order valence-electron chi connectivity index (χ3n) is 3.64. The smallest absolute Gasteiger partial charge is 0.0500 e. The highest BCUT2D eigenvalue weighted by atomic mass is 35.5. The number of benzene rings is 1. The van der Waals surface area contributed by atoms with E-state index in [9.17, 15) is 0 Å². The first kappa shape index (κ1) is 14.1. The summed E-state index contributed by atoms with van der Waals surface area (Å²) in [5.74, 6) is 0. The lowest BCUT2D eigenvalue weighted by atomic mass is 10.0. The Morgan fingerprint density at radius 3 is 2.11 bits per heavy atom. The van der Waals surface area contributed by atoms with Gasteiger partial charge < -0.3 is 5.73 Å². The van der Waals surface area contributed by atoms with Crippen LogP contribution in [-0.4, -0.2) is 24.5 Å². The zero-order chi connectivity index (χ0) is 13.0. The van der Waals surface area contributed by atoms with Crippen LogP contribution in [0.3, 0.4) is 0 Å². The van der Waals surface area contributed by atoms with Gasteiger partial charge in [-0.1, -0.05) is 42.1 Å². The van der Waals surface area contributed by atoms with Crippen molar-refractivity contribution in [3.63, 3.8) is 0 Å². The molecule has 4 heteroatoms. The number of halogens is 2. The molecule has 1 aromatic carbocycles. The average Bonchev–Trinajstić information content (AvgIpc) is 2.63. The second kappa shape index (κ2) is 6.76. The third kappa shape index (κ3) is 3.18. The van der Waals surface area contributed by atoms with Gasteiger partial charge in [-0.15, -0.1) is 0 Å². The van der Waals surface area contributed by atoms with Crippen molar-refractivity contribution < 1.29 is 0 Å². The first-order chi connectivity index (χ1) is 8.74. The standard InChI is InChI=1S/C14H20Cl2N2/c15-11-6-5-7-12(16)14(11)13(10-17)18-8-3-1-2-4-9-18/h5-7,13H,1-4,8-10,17H2. The van der Waals surface area contributed by atoms with E-state index in [0.29, 0.717) is 6.54 Å². The predicted molar refractivity (Wildman–Crippen MR) is 78.3 cm³/mol. The van der Waals surface area contributed by atoms with Crippen LogP contribution < -0.4 is 5.73 Å². The first-order valence-electron chi connectivity index (χ1n) is 6.62. The fourth-order valence-electron chi connectivity index (χ4n) is 2.69. The fraction of sp³-hybridized carbons (Fsp3) is 0.571. The Morgan fingerprint density at radius 1 is 1.06 bits per heavy atom. The molecule has 0 spiro atoms. The minimum absolute atomic E-state index is 0.143. The van der Waals surface area contributed by atoms with Crippen LogP contribution in [0.2, 0.25) is 10.0 Å². The van der Waals surface area contributed by atoms with Crippen molar-refractivity contribution in [1.29, 1.82) is 0 Å². The number of nitrogens with zero attached hydrogens (tertiary/aromatic N) is 1. The van der Waals surface area contributed by atoms with E-state index >= 15 is 0 Å². The summed E-state index contributed by atoms with van der Waals surface area (Å²) < 4.78 is 0. The van der Waals surface area contributed by atoms with Crippen LogP contribution in [0.15, 0.2) is 18.2 Å². The highest BCUT2D eigenvalue weighted by Gasteiger charge is 2.24. The zero-order valence-electron chi connectivity index (χ0n) is 10.5. The Kier molecular flexibility index (Phi) is 5.31. The van der Waals surface area contributed by atoms with Gasteiger partial charge in [-0.05, 0) is 38.1 Å². The minimum atomic E-state index is 0.143. The van der Waals surface area contributed by atoms with E-state index in [2.05, 4.69) is 4.90 Å². The van der Waals surface area contributed by atoms with Gasteiger partial charge in [0.05, 0.1) is 0 Å². The van der Waals surface area contributed by atoms with Crippen molar-refractivity contribution in [2.24, 2.45) is 5.73 Å². The number of likely N-dealkylation sites (tertiary alicyclic amines) is 1. The van der Waals surface area contributed by atoms with E-state index in [1.54, 1.807) is 0 Å². The van der Waals surface area contributed by atoms with Crippen LogP contribution in [-0.2, 0) is 0 Å². The maximum Gasteiger partial charge on any atom is 0.0500 e. The summed E-state index contributed by atoms with van der Waals surface area (Å²) in [6.07, 6.45) is 5.09. The molecule has 0 bridgehead atoms. The molecule has 1 fully saturated rings. The van der Waals surface area contributed by atoms with Gasteiger partial charge in [0.1, 0.15) is 0 Å². The molecule has 1 atom stereocenters. The topological polar surface area (TPSA) is 29.3 Å². The average molecular weight is 287 g/mol. The lowest BCUT2D eigenvalue weighted by Crippen LogP contribution is -2.34. The largest absolute Gasteiger partial charge is 0.329 e. The molecular weight excluding hydrogens is 267 g/mol. The van der Waals surface area contributed by atoms with Gasteiger partial charge in [0.25, 0.3) is 0 Å². The van der Waals surface area contributed by atoms with Crippen LogP contribution in [0.4, 0.5) is 0 Å². The second-order valence-corrected chi connectivity index (χ2v) is 5.65. The summed E-state index contributed by atoms with van der Waals surface area (Å²) in [6.45, 7) is 2.73. The molecule has 1 aromatic rings. The molecule has 0 aliphatic carbocycles. The van der Waals surface area contributed by atoms with Crippen LogP contribution in [0, 0.1) is 0 Å². The third-order valence-corrected chi connectivity index (χ3v) is 4.30. The van der Waals surface area contributed by atoms with Crippen molar-refractivity contribution in [1.82, 2.24) is 4.90 Å². The number of rotatable bonds is 3. The van der Waals surface area contributed by atoms with E-state index in [1.165, 1.54) is 25.7 Å². The normalized spacial score (nSPS) is 19.5. The number of hydrogen-bond acceptors (Lipinski definition) is 2. The van der Waals surface area contributed by atoms with Crippen molar-refractivity contribution in [2.45, 2.75) is 31.7 Å². The monoisotopic (exact) mass is 286 g/mol. The SMILES string of the molecule is NCC(c1c(Cl)cccc1Cl)N1CCCCCC1.